The third-order valence-corrected chi connectivity index (χ3v) is 6.57. The second kappa shape index (κ2) is 9.42. The fourth-order valence-electron chi connectivity index (χ4n) is 4.63. The van der Waals surface area contributed by atoms with Crippen molar-refractivity contribution in [3.05, 3.63) is 47.9 Å². The molecule has 1 aliphatic rings. The van der Waals surface area contributed by atoms with Crippen molar-refractivity contribution in [2.75, 3.05) is 23.7 Å². The first kappa shape index (κ1) is 23.5. The fraction of sp³-hybridized carbons (Fsp3) is 0.320. The van der Waals surface area contributed by atoms with Gasteiger partial charge in [-0.05, 0) is 44.9 Å². The SMILES string of the molecule is Cc1cnc(Nc2cc(C)n(C)n2)nc1-c1c[nH]c2c(NC(=O)CN3CCCC3C(=O)O)cccc12. The molecule has 0 bridgehead atoms. The highest BCUT2D eigenvalue weighted by Crippen LogP contribution is 2.33. The number of aryl methyl sites for hydroxylation is 3. The van der Waals surface area contributed by atoms with E-state index >= 15 is 0 Å². The van der Waals surface area contributed by atoms with Gasteiger partial charge >= 0.3 is 5.97 Å². The number of carbonyl (C=O) groups is 2. The van der Waals surface area contributed by atoms with E-state index in [1.807, 2.05) is 51.4 Å². The van der Waals surface area contributed by atoms with Crippen LogP contribution in [-0.4, -0.2) is 65.7 Å². The van der Waals surface area contributed by atoms with Crippen LogP contribution < -0.4 is 10.6 Å². The third kappa shape index (κ3) is 4.52. The van der Waals surface area contributed by atoms with Gasteiger partial charge in [0.1, 0.15) is 6.04 Å². The summed E-state index contributed by atoms with van der Waals surface area (Å²) >= 11 is 0. The molecule has 4 aromatic rings. The minimum absolute atomic E-state index is 0.0357. The topological polar surface area (TPSA) is 141 Å². The molecule has 1 aromatic carbocycles. The number of likely N-dealkylation sites (tertiary alicyclic amines) is 1. The quantitative estimate of drug-likeness (QED) is 0.311. The number of carbonyl (C=O) groups excluding carboxylic acids is 1. The summed E-state index contributed by atoms with van der Waals surface area (Å²) in [5.41, 5.74) is 4.96. The van der Waals surface area contributed by atoms with Crippen molar-refractivity contribution >= 4 is 40.2 Å². The molecule has 1 atom stereocenters. The van der Waals surface area contributed by atoms with E-state index < -0.39 is 12.0 Å². The zero-order chi connectivity index (χ0) is 25.4. The van der Waals surface area contributed by atoms with E-state index in [1.165, 1.54) is 0 Å². The number of nitrogens with one attached hydrogen (secondary N) is 3. The minimum Gasteiger partial charge on any atom is -0.480 e. The van der Waals surface area contributed by atoms with Crippen LogP contribution >= 0.6 is 0 Å². The summed E-state index contributed by atoms with van der Waals surface area (Å²) in [7, 11) is 1.87. The van der Waals surface area contributed by atoms with Crippen LogP contribution in [0.5, 0.6) is 0 Å². The number of fused-ring (bicyclic) bond motifs is 1. The van der Waals surface area contributed by atoms with E-state index in [2.05, 4.69) is 25.7 Å². The molecule has 1 fully saturated rings. The predicted molar refractivity (Wildman–Crippen MR) is 136 cm³/mol. The molecule has 11 nitrogen and oxygen atoms in total. The molecule has 186 valence electrons. The summed E-state index contributed by atoms with van der Waals surface area (Å²) in [6.07, 6.45) is 4.97. The first-order valence-corrected chi connectivity index (χ1v) is 11.8. The van der Waals surface area contributed by atoms with Crippen LogP contribution in [0.25, 0.3) is 22.2 Å². The van der Waals surface area contributed by atoms with Gasteiger partial charge in [0.2, 0.25) is 11.9 Å². The molecule has 36 heavy (non-hydrogen) atoms. The number of H-pyrrole nitrogens is 1. The fourth-order valence-corrected chi connectivity index (χ4v) is 4.63. The average molecular weight is 489 g/mol. The van der Waals surface area contributed by atoms with Gasteiger partial charge in [-0.2, -0.15) is 5.10 Å². The Hall–Kier alpha value is -4.25. The second-order valence-electron chi connectivity index (χ2n) is 9.09. The van der Waals surface area contributed by atoms with Gasteiger partial charge in [-0.15, -0.1) is 0 Å². The predicted octanol–water partition coefficient (Wildman–Crippen LogP) is 3.21. The Balaban J connectivity index is 1.39. The number of hydrogen-bond donors (Lipinski definition) is 4. The Morgan fingerprint density at radius 3 is 2.86 bits per heavy atom. The molecule has 4 N–H and O–H groups in total. The lowest BCUT2D eigenvalue weighted by atomic mass is 10.1. The monoisotopic (exact) mass is 488 g/mol. The van der Waals surface area contributed by atoms with Crippen LogP contribution in [0.3, 0.4) is 0 Å². The molecule has 0 saturated carbocycles. The maximum atomic E-state index is 12.8. The number of hydrogen-bond acceptors (Lipinski definition) is 7. The lowest BCUT2D eigenvalue weighted by molar-refractivity contribution is -0.142. The summed E-state index contributed by atoms with van der Waals surface area (Å²) in [5, 5.41) is 20.8. The molecular weight excluding hydrogens is 460 g/mol. The highest BCUT2D eigenvalue weighted by molar-refractivity contribution is 6.06. The number of amides is 1. The lowest BCUT2D eigenvalue weighted by Crippen LogP contribution is -2.40. The number of nitrogens with zero attached hydrogens (tertiary/aromatic N) is 5. The number of aromatic amines is 1. The summed E-state index contributed by atoms with van der Waals surface area (Å²) in [5.74, 6) is -0.0335. The smallest absolute Gasteiger partial charge is 0.320 e. The van der Waals surface area contributed by atoms with Crippen molar-refractivity contribution in [2.45, 2.75) is 32.7 Å². The van der Waals surface area contributed by atoms with Crippen LogP contribution in [0.2, 0.25) is 0 Å². The Bertz CT molecular complexity index is 1440. The molecule has 11 heteroatoms. The molecule has 0 spiro atoms. The van der Waals surface area contributed by atoms with Gasteiger partial charge in [0.25, 0.3) is 0 Å². The standard InChI is InChI=1S/C25H28N8O3/c1-14-11-27-25(29-20-10-15(2)32(3)31-20)30-22(14)17-12-26-23-16(17)6-4-7-18(23)28-21(34)13-33-9-5-8-19(33)24(35)36/h4,6-7,10-12,19,26H,5,8-9,13H2,1-3H3,(H,28,34)(H,35,36)(H,27,29,30,31). The summed E-state index contributed by atoms with van der Waals surface area (Å²) < 4.78 is 1.78. The normalized spacial score (nSPS) is 15.9. The van der Waals surface area contributed by atoms with Crippen molar-refractivity contribution in [2.24, 2.45) is 7.05 Å². The van der Waals surface area contributed by atoms with E-state index in [1.54, 1.807) is 15.8 Å². The largest absolute Gasteiger partial charge is 0.480 e. The highest BCUT2D eigenvalue weighted by Gasteiger charge is 2.31. The van der Waals surface area contributed by atoms with E-state index in [0.29, 0.717) is 30.4 Å². The minimum atomic E-state index is -0.885. The molecule has 5 rings (SSSR count). The van der Waals surface area contributed by atoms with Crippen molar-refractivity contribution in [3.8, 4) is 11.3 Å². The third-order valence-electron chi connectivity index (χ3n) is 6.57. The van der Waals surface area contributed by atoms with Crippen LogP contribution in [0.4, 0.5) is 17.5 Å². The van der Waals surface area contributed by atoms with E-state index in [4.69, 9.17) is 4.98 Å². The van der Waals surface area contributed by atoms with Crippen molar-refractivity contribution < 1.29 is 14.7 Å². The molecule has 3 aromatic heterocycles. The van der Waals surface area contributed by atoms with Gasteiger partial charge in [0.15, 0.2) is 5.82 Å². The number of carboxylic acid groups (broad SMARTS) is 1. The van der Waals surface area contributed by atoms with Crippen LogP contribution in [0.15, 0.2) is 36.7 Å². The van der Waals surface area contributed by atoms with Crippen molar-refractivity contribution in [1.82, 2.24) is 29.6 Å². The van der Waals surface area contributed by atoms with E-state index in [0.717, 1.165) is 39.8 Å². The number of rotatable bonds is 7. The summed E-state index contributed by atoms with van der Waals surface area (Å²) in [6.45, 7) is 4.55. The second-order valence-corrected chi connectivity index (χ2v) is 9.09. The first-order chi connectivity index (χ1) is 17.3. The van der Waals surface area contributed by atoms with Crippen LogP contribution in [0.1, 0.15) is 24.1 Å². The molecule has 1 aliphatic heterocycles. The van der Waals surface area contributed by atoms with Gasteiger partial charge in [0, 0.05) is 42.2 Å². The number of benzene rings is 1. The first-order valence-electron chi connectivity index (χ1n) is 11.8. The number of para-hydroxylation sites is 1. The Morgan fingerprint density at radius 1 is 1.28 bits per heavy atom. The van der Waals surface area contributed by atoms with Gasteiger partial charge in [-0.25, -0.2) is 9.97 Å². The zero-order valence-electron chi connectivity index (χ0n) is 20.4. The van der Waals surface area contributed by atoms with Gasteiger partial charge in [-0.3, -0.25) is 19.2 Å². The van der Waals surface area contributed by atoms with E-state index in [-0.39, 0.29) is 12.5 Å². The number of aromatic nitrogens is 5. The molecule has 4 heterocycles. The molecular formula is C25H28N8O3. The zero-order valence-corrected chi connectivity index (χ0v) is 20.4. The molecule has 1 amide bonds. The van der Waals surface area contributed by atoms with Crippen LogP contribution in [-0.2, 0) is 16.6 Å². The maximum absolute atomic E-state index is 12.8. The molecule has 0 radical (unpaired) electrons. The summed E-state index contributed by atoms with van der Waals surface area (Å²) in [4.78, 5) is 38.3. The van der Waals surface area contributed by atoms with Crippen molar-refractivity contribution in [1.29, 1.82) is 0 Å². The molecule has 0 aliphatic carbocycles. The Labute approximate surface area is 207 Å². The molecule has 1 unspecified atom stereocenters. The maximum Gasteiger partial charge on any atom is 0.320 e. The van der Waals surface area contributed by atoms with Crippen LogP contribution in [0, 0.1) is 13.8 Å². The Morgan fingerprint density at radius 2 is 2.11 bits per heavy atom. The Kier molecular flexibility index (Phi) is 6.15. The van der Waals surface area contributed by atoms with E-state index in [9.17, 15) is 14.7 Å². The number of aliphatic carboxylic acids is 1. The van der Waals surface area contributed by atoms with Crippen molar-refractivity contribution in [3.63, 3.8) is 0 Å². The molecule has 1 saturated heterocycles. The number of carboxylic acids is 1. The van der Waals surface area contributed by atoms with Gasteiger partial charge in [0.05, 0.1) is 23.4 Å². The number of anilines is 3. The van der Waals surface area contributed by atoms with Gasteiger partial charge in [-0.1, -0.05) is 12.1 Å². The highest BCUT2D eigenvalue weighted by atomic mass is 16.4. The average Bonchev–Trinajstić information content (AvgIpc) is 3.55. The lowest BCUT2D eigenvalue weighted by Gasteiger charge is -2.20. The van der Waals surface area contributed by atoms with Gasteiger partial charge < -0.3 is 20.7 Å². The summed E-state index contributed by atoms with van der Waals surface area (Å²) in [6, 6.07) is 6.97.